The van der Waals surface area contributed by atoms with E-state index in [1.165, 1.54) is 11.3 Å². The minimum Gasteiger partial charge on any atom is -0.314 e. The summed E-state index contributed by atoms with van der Waals surface area (Å²) in [4.78, 5) is 14.9. The number of amides is 1. The molecule has 1 amide bonds. The number of carbonyl (C=O) groups excluding carboxylic acids is 1. The molecular weight excluding hydrogens is 336 g/mol. The number of carbonyl (C=O) groups is 1. The monoisotopic (exact) mass is 352 g/mol. The van der Waals surface area contributed by atoms with E-state index in [0.717, 1.165) is 11.3 Å². The van der Waals surface area contributed by atoms with Crippen molar-refractivity contribution in [1.82, 2.24) is 5.32 Å². The van der Waals surface area contributed by atoms with Crippen molar-refractivity contribution in [1.29, 1.82) is 0 Å². The van der Waals surface area contributed by atoms with Gasteiger partial charge < -0.3 is 4.90 Å². The highest BCUT2D eigenvalue weighted by molar-refractivity contribution is 7.80. The average molecular weight is 352 g/mol. The van der Waals surface area contributed by atoms with E-state index in [-0.39, 0.29) is 5.91 Å². The molecule has 1 N–H and O–H groups in total. The van der Waals surface area contributed by atoms with Crippen LogP contribution in [0.3, 0.4) is 0 Å². The van der Waals surface area contributed by atoms with Gasteiger partial charge in [0.15, 0.2) is 5.11 Å². The molecule has 1 heterocycles. The molecule has 0 unspecified atom stereocenters. The number of benzene rings is 2. The molecule has 0 radical (unpaired) electrons. The molecule has 0 aliphatic heterocycles. The molecule has 1 aromatic heterocycles. The summed E-state index contributed by atoms with van der Waals surface area (Å²) in [6.45, 7) is 0.592. The fourth-order valence-corrected chi connectivity index (χ4v) is 3.17. The lowest BCUT2D eigenvalue weighted by atomic mass is 10.2. The van der Waals surface area contributed by atoms with E-state index in [2.05, 4.69) is 5.32 Å². The van der Waals surface area contributed by atoms with E-state index in [0.29, 0.717) is 16.5 Å². The second kappa shape index (κ2) is 7.86. The maximum absolute atomic E-state index is 12.3. The molecule has 120 valence electrons. The fraction of sp³-hybridized carbons (Fsp3) is 0.0526. The van der Waals surface area contributed by atoms with Crippen molar-refractivity contribution < 1.29 is 4.79 Å². The second-order valence-electron chi connectivity index (χ2n) is 5.14. The molecule has 24 heavy (non-hydrogen) atoms. The molecule has 0 atom stereocenters. The van der Waals surface area contributed by atoms with Gasteiger partial charge in [-0.15, -0.1) is 11.3 Å². The standard InChI is InChI=1S/C19H16N2OS2/c22-18(17-12-7-13-24-17)20-19(23)21(16-10-5-2-6-11-16)14-15-8-3-1-4-9-15/h1-13H,14H2,(H,20,22,23). The van der Waals surface area contributed by atoms with Crippen LogP contribution in [-0.4, -0.2) is 11.0 Å². The predicted octanol–water partition coefficient (Wildman–Crippen LogP) is 4.47. The highest BCUT2D eigenvalue weighted by atomic mass is 32.1. The van der Waals surface area contributed by atoms with Crippen molar-refractivity contribution in [3.8, 4) is 0 Å². The summed E-state index contributed by atoms with van der Waals surface area (Å²) < 4.78 is 0. The Hall–Kier alpha value is -2.50. The lowest BCUT2D eigenvalue weighted by Crippen LogP contribution is -2.42. The zero-order valence-electron chi connectivity index (χ0n) is 12.9. The highest BCUT2D eigenvalue weighted by Crippen LogP contribution is 2.18. The van der Waals surface area contributed by atoms with Crippen LogP contribution in [0.2, 0.25) is 0 Å². The third kappa shape index (κ3) is 4.07. The Kier molecular flexibility index (Phi) is 5.36. The van der Waals surface area contributed by atoms with Gasteiger partial charge in [0, 0.05) is 5.69 Å². The van der Waals surface area contributed by atoms with Gasteiger partial charge >= 0.3 is 0 Å². The normalized spacial score (nSPS) is 10.2. The molecule has 0 aliphatic rings. The average Bonchev–Trinajstić information content (AvgIpc) is 3.16. The van der Waals surface area contributed by atoms with Crippen LogP contribution in [0.4, 0.5) is 5.69 Å². The predicted molar refractivity (Wildman–Crippen MR) is 103 cm³/mol. The molecule has 3 aromatic rings. The van der Waals surface area contributed by atoms with Crippen LogP contribution in [0.1, 0.15) is 15.2 Å². The first-order chi connectivity index (χ1) is 11.7. The van der Waals surface area contributed by atoms with Crippen LogP contribution < -0.4 is 10.2 Å². The largest absolute Gasteiger partial charge is 0.314 e. The van der Waals surface area contributed by atoms with Crippen LogP contribution in [-0.2, 0) is 6.54 Å². The van der Waals surface area contributed by atoms with Gasteiger partial charge in [0.1, 0.15) is 0 Å². The number of hydrogen-bond donors (Lipinski definition) is 1. The second-order valence-corrected chi connectivity index (χ2v) is 6.48. The topological polar surface area (TPSA) is 32.3 Å². The third-order valence-corrected chi connectivity index (χ3v) is 4.65. The Balaban J connectivity index is 1.81. The van der Waals surface area contributed by atoms with Crippen LogP contribution in [0.5, 0.6) is 0 Å². The summed E-state index contributed by atoms with van der Waals surface area (Å²) in [5, 5.41) is 5.09. The first-order valence-electron chi connectivity index (χ1n) is 7.49. The molecule has 0 spiro atoms. The van der Waals surface area contributed by atoms with Gasteiger partial charge in [-0.25, -0.2) is 0 Å². The molecule has 3 rings (SSSR count). The highest BCUT2D eigenvalue weighted by Gasteiger charge is 2.16. The van der Waals surface area contributed by atoms with Gasteiger partial charge in [0.2, 0.25) is 0 Å². The third-order valence-electron chi connectivity index (χ3n) is 3.46. The number of nitrogens with one attached hydrogen (secondary N) is 1. The molecule has 0 bridgehead atoms. The van der Waals surface area contributed by atoms with E-state index in [1.54, 1.807) is 6.07 Å². The first-order valence-corrected chi connectivity index (χ1v) is 8.78. The quantitative estimate of drug-likeness (QED) is 0.703. The molecule has 3 nitrogen and oxygen atoms in total. The maximum Gasteiger partial charge on any atom is 0.267 e. The van der Waals surface area contributed by atoms with Crippen LogP contribution >= 0.6 is 23.6 Å². The van der Waals surface area contributed by atoms with E-state index >= 15 is 0 Å². The van der Waals surface area contributed by atoms with Gasteiger partial charge in [0.25, 0.3) is 5.91 Å². The van der Waals surface area contributed by atoms with Crippen molar-refractivity contribution in [3.63, 3.8) is 0 Å². The van der Waals surface area contributed by atoms with Crippen molar-refractivity contribution in [2.45, 2.75) is 6.54 Å². The fourth-order valence-electron chi connectivity index (χ4n) is 2.29. The Morgan fingerprint density at radius 2 is 1.62 bits per heavy atom. The summed E-state index contributed by atoms with van der Waals surface area (Å²) >= 11 is 6.90. The number of rotatable bonds is 4. The van der Waals surface area contributed by atoms with E-state index in [9.17, 15) is 4.79 Å². The van der Waals surface area contributed by atoms with Gasteiger partial charge in [0.05, 0.1) is 11.4 Å². The Morgan fingerprint density at radius 1 is 0.958 bits per heavy atom. The molecule has 0 saturated carbocycles. The summed E-state index contributed by atoms with van der Waals surface area (Å²) in [6, 6.07) is 23.5. The lowest BCUT2D eigenvalue weighted by molar-refractivity contribution is 0.0981. The molecule has 0 aliphatic carbocycles. The van der Waals surface area contributed by atoms with Crippen molar-refractivity contribution >= 4 is 40.3 Å². The number of hydrogen-bond acceptors (Lipinski definition) is 3. The maximum atomic E-state index is 12.3. The minimum atomic E-state index is -0.177. The zero-order valence-corrected chi connectivity index (χ0v) is 14.5. The van der Waals surface area contributed by atoms with Gasteiger partial charge in [-0.2, -0.15) is 0 Å². The van der Waals surface area contributed by atoms with Crippen LogP contribution in [0, 0.1) is 0 Å². The van der Waals surface area contributed by atoms with Crippen molar-refractivity contribution in [2.24, 2.45) is 0 Å². The van der Waals surface area contributed by atoms with Gasteiger partial charge in [-0.3, -0.25) is 10.1 Å². The molecular formula is C19H16N2OS2. The van der Waals surface area contributed by atoms with Crippen molar-refractivity contribution in [3.05, 3.63) is 88.6 Å². The Labute approximate surface area is 150 Å². The van der Waals surface area contributed by atoms with Gasteiger partial charge in [-0.05, 0) is 41.4 Å². The number of anilines is 1. The molecule has 2 aromatic carbocycles. The lowest BCUT2D eigenvalue weighted by Gasteiger charge is -2.25. The number of nitrogens with zero attached hydrogens (tertiary/aromatic N) is 1. The van der Waals surface area contributed by atoms with E-state index in [4.69, 9.17) is 12.2 Å². The first kappa shape index (κ1) is 16.4. The van der Waals surface area contributed by atoms with Crippen LogP contribution in [0.15, 0.2) is 78.2 Å². The SMILES string of the molecule is O=C(NC(=S)N(Cc1ccccc1)c1ccccc1)c1cccs1. The summed E-state index contributed by atoms with van der Waals surface area (Å²) in [7, 11) is 0. The smallest absolute Gasteiger partial charge is 0.267 e. The Bertz CT molecular complexity index is 802. The van der Waals surface area contributed by atoms with E-state index < -0.39 is 0 Å². The van der Waals surface area contributed by atoms with Gasteiger partial charge in [-0.1, -0.05) is 54.6 Å². The van der Waals surface area contributed by atoms with Crippen molar-refractivity contribution in [2.75, 3.05) is 4.90 Å². The molecule has 0 saturated heterocycles. The van der Waals surface area contributed by atoms with E-state index in [1.807, 2.05) is 77.0 Å². The molecule has 5 heteroatoms. The number of thiocarbonyl (C=S) groups is 1. The summed E-state index contributed by atoms with van der Waals surface area (Å²) in [5.41, 5.74) is 2.06. The Morgan fingerprint density at radius 3 is 2.25 bits per heavy atom. The summed E-state index contributed by atoms with van der Waals surface area (Å²) in [5.74, 6) is -0.177. The minimum absolute atomic E-state index is 0.177. The molecule has 0 fully saturated rings. The summed E-state index contributed by atoms with van der Waals surface area (Å²) in [6.07, 6.45) is 0. The zero-order chi connectivity index (χ0) is 16.8. The number of thiophene rings is 1. The number of para-hydroxylation sites is 1. The van der Waals surface area contributed by atoms with Crippen LogP contribution in [0.25, 0.3) is 0 Å².